The van der Waals surface area contributed by atoms with E-state index in [2.05, 4.69) is 10.2 Å². The number of halogens is 2. The molecule has 0 radical (unpaired) electrons. The van der Waals surface area contributed by atoms with Crippen LogP contribution in [0.3, 0.4) is 0 Å². The quantitative estimate of drug-likeness (QED) is 0.872. The van der Waals surface area contributed by atoms with Gasteiger partial charge in [0.2, 0.25) is 0 Å². The van der Waals surface area contributed by atoms with Gasteiger partial charge >= 0.3 is 0 Å². The summed E-state index contributed by atoms with van der Waals surface area (Å²) in [6.45, 7) is 4.73. The molecule has 118 valence electrons. The van der Waals surface area contributed by atoms with E-state index < -0.39 is 6.43 Å². The largest absolute Gasteiger partial charge is 0.493 e. The lowest BCUT2D eigenvalue weighted by Crippen LogP contribution is -2.44. The van der Waals surface area contributed by atoms with Crippen molar-refractivity contribution in [2.45, 2.75) is 12.8 Å². The minimum absolute atomic E-state index is 0.0250. The Hall–Kier alpha value is -1.40. The second-order valence-corrected chi connectivity index (χ2v) is 5.06. The SMILES string of the molecule is COc1cc(C(F)F)cc(CCN2CCNCC2)c1OC. The van der Waals surface area contributed by atoms with Crippen LogP contribution in [0.1, 0.15) is 17.6 Å². The molecule has 1 aromatic rings. The predicted octanol–water partition coefficient (Wildman–Crippen LogP) is 2.09. The molecule has 0 bridgehead atoms. The molecule has 0 aliphatic carbocycles. The van der Waals surface area contributed by atoms with Crippen LogP contribution in [0.25, 0.3) is 0 Å². The van der Waals surface area contributed by atoms with E-state index in [0.717, 1.165) is 38.3 Å². The molecule has 21 heavy (non-hydrogen) atoms. The van der Waals surface area contributed by atoms with Crippen molar-refractivity contribution in [3.05, 3.63) is 23.3 Å². The highest BCUT2D eigenvalue weighted by molar-refractivity contribution is 5.50. The maximum atomic E-state index is 13.0. The molecule has 1 heterocycles. The molecular weight excluding hydrogens is 278 g/mol. The molecule has 1 aliphatic heterocycles. The summed E-state index contributed by atoms with van der Waals surface area (Å²) in [6.07, 6.45) is -1.84. The van der Waals surface area contributed by atoms with Gasteiger partial charge in [-0.15, -0.1) is 0 Å². The molecule has 1 saturated heterocycles. The van der Waals surface area contributed by atoms with Gasteiger partial charge in [0, 0.05) is 38.3 Å². The standard InChI is InChI=1S/C15H22F2N2O2/c1-20-13-10-12(15(16)17)9-11(14(13)21-2)3-6-19-7-4-18-5-8-19/h9-10,15,18H,3-8H2,1-2H3. The van der Waals surface area contributed by atoms with Crippen LogP contribution in [0.5, 0.6) is 11.5 Å². The third-order valence-corrected chi connectivity index (χ3v) is 3.74. The summed E-state index contributed by atoms with van der Waals surface area (Å²) < 4.78 is 36.5. The Morgan fingerprint density at radius 3 is 2.48 bits per heavy atom. The van der Waals surface area contributed by atoms with Crippen LogP contribution in [0, 0.1) is 0 Å². The van der Waals surface area contributed by atoms with E-state index in [0.29, 0.717) is 17.9 Å². The fourth-order valence-electron chi connectivity index (χ4n) is 2.59. The lowest BCUT2D eigenvalue weighted by Gasteiger charge is -2.27. The highest BCUT2D eigenvalue weighted by Gasteiger charge is 2.18. The summed E-state index contributed by atoms with van der Waals surface area (Å²) in [7, 11) is 3.00. The lowest BCUT2D eigenvalue weighted by atomic mass is 10.1. The topological polar surface area (TPSA) is 33.7 Å². The number of nitrogens with one attached hydrogen (secondary N) is 1. The molecule has 0 atom stereocenters. The summed E-state index contributed by atoms with van der Waals surface area (Å²) in [5.74, 6) is 0.919. The van der Waals surface area contributed by atoms with Crippen LogP contribution in [0.4, 0.5) is 8.78 Å². The highest BCUT2D eigenvalue weighted by atomic mass is 19.3. The van der Waals surface area contributed by atoms with Crippen molar-refractivity contribution in [1.29, 1.82) is 0 Å². The molecule has 4 nitrogen and oxygen atoms in total. The molecule has 2 rings (SSSR count). The first-order valence-electron chi connectivity index (χ1n) is 7.11. The Kier molecular flexibility index (Phi) is 5.76. The number of nitrogens with zero attached hydrogens (tertiary/aromatic N) is 1. The van der Waals surface area contributed by atoms with Crippen molar-refractivity contribution in [2.24, 2.45) is 0 Å². The smallest absolute Gasteiger partial charge is 0.263 e. The van der Waals surface area contributed by atoms with Crippen molar-refractivity contribution in [3.8, 4) is 11.5 Å². The predicted molar refractivity (Wildman–Crippen MR) is 77.5 cm³/mol. The Morgan fingerprint density at radius 1 is 1.19 bits per heavy atom. The first-order chi connectivity index (χ1) is 10.2. The molecule has 1 N–H and O–H groups in total. The normalized spacial score (nSPS) is 16.2. The van der Waals surface area contributed by atoms with E-state index >= 15 is 0 Å². The van der Waals surface area contributed by atoms with Crippen molar-refractivity contribution in [3.63, 3.8) is 0 Å². The lowest BCUT2D eigenvalue weighted by molar-refractivity contribution is 0.150. The van der Waals surface area contributed by atoms with E-state index in [9.17, 15) is 8.78 Å². The molecule has 0 aromatic heterocycles. The summed E-state index contributed by atoms with van der Waals surface area (Å²) in [6, 6.07) is 2.87. The Labute approximate surface area is 124 Å². The molecule has 1 aromatic carbocycles. The number of benzene rings is 1. The Bertz CT molecular complexity index is 463. The molecule has 0 amide bonds. The van der Waals surface area contributed by atoms with Crippen LogP contribution in [0.15, 0.2) is 12.1 Å². The van der Waals surface area contributed by atoms with Crippen LogP contribution >= 0.6 is 0 Å². The van der Waals surface area contributed by atoms with E-state index in [-0.39, 0.29) is 5.56 Å². The van der Waals surface area contributed by atoms with Gasteiger partial charge < -0.3 is 19.7 Å². The summed E-state index contributed by atoms with van der Waals surface area (Å²) in [5, 5.41) is 3.29. The van der Waals surface area contributed by atoms with Gasteiger partial charge in [0.1, 0.15) is 0 Å². The number of piperazine rings is 1. The zero-order valence-corrected chi connectivity index (χ0v) is 12.5. The fraction of sp³-hybridized carbons (Fsp3) is 0.600. The van der Waals surface area contributed by atoms with Crippen LogP contribution < -0.4 is 14.8 Å². The van der Waals surface area contributed by atoms with Gasteiger partial charge in [0.05, 0.1) is 14.2 Å². The third kappa shape index (κ3) is 4.04. The van der Waals surface area contributed by atoms with Crippen LogP contribution in [-0.2, 0) is 6.42 Å². The van der Waals surface area contributed by atoms with Crippen LogP contribution in [-0.4, -0.2) is 51.8 Å². The third-order valence-electron chi connectivity index (χ3n) is 3.74. The summed E-state index contributed by atoms with van der Waals surface area (Å²) in [4.78, 5) is 2.32. The zero-order chi connectivity index (χ0) is 15.2. The van der Waals surface area contributed by atoms with E-state index in [1.807, 2.05) is 0 Å². The van der Waals surface area contributed by atoms with E-state index in [1.165, 1.54) is 26.4 Å². The van der Waals surface area contributed by atoms with Gasteiger partial charge in [0.25, 0.3) is 6.43 Å². The number of rotatable bonds is 6. The van der Waals surface area contributed by atoms with Crippen molar-refractivity contribution < 1.29 is 18.3 Å². The van der Waals surface area contributed by atoms with Gasteiger partial charge in [-0.25, -0.2) is 8.78 Å². The Balaban J connectivity index is 2.16. The average Bonchev–Trinajstić information content (AvgIpc) is 2.52. The minimum Gasteiger partial charge on any atom is -0.493 e. The molecule has 1 fully saturated rings. The van der Waals surface area contributed by atoms with Gasteiger partial charge in [-0.3, -0.25) is 0 Å². The monoisotopic (exact) mass is 300 g/mol. The highest BCUT2D eigenvalue weighted by Crippen LogP contribution is 2.36. The van der Waals surface area contributed by atoms with Crippen molar-refractivity contribution in [1.82, 2.24) is 10.2 Å². The number of alkyl halides is 2. The molecule has 1 aliphatic rings. The molecule has 6 heteroatoms. The van der Waals surface area contributed by atoms with Crippen molar-refractivity contribution in [2.75, 3.05) is 46.9 Å². The first-order valence-corrected chi connectivity index (χ1v) is 7.11. The zero-order valence-electron chi connectivity index (χ0n) is 12.5. The summed E-state index contributed by atoms with van der Waals surface area (Å²) >= 11 is 0. The summed E-state index contributed by atoms with van der Waals surface area (Å²) in [5.41, 5.74) is 0.744. The van der Waals surface area contributed by atoms with Crippen LogP contribution in [0.2, 0.25) is 0 Å². The number of hydrogen-bond donors (Lipinski definition) is 1. The second kappa shape index (κ2) is 7.56. The van der Waals surface area contributed by atoms with Gasteiger partial charge in [-0.05, 0) is 24.1 Å². The average molecular weight is 300 g/mol. The number of methoxy groups -OCH3 is 2. The number of hydrogen-bond acceptors (Lipinski definition) is 4. The number of ether oxygens (including phenoxy) is 2. The van der Waals surface area contributed by atoms with Gasteiger partial charge in [0.15, 0.2) is 11.5 Å². The van der Waals surface area contributed by atoms with Gasteiger partial charge in [-0.1, -0.05) is 0 Å². The molecule has 0 unspecified atom stereocenters. The molecule has 0 spiro atoms. The van der Waals surface area contributed by atoms with E-state index in [1.54, 1.807) is 0 Å². The maximum Gasteiger partial charge on any atom is 0.263 e. The maximum absolute atomic E-state index is 13.0. The molecule has 0 saturated carbocycles. The minimum atomic E-state index is -2.51. The van der Waals surface area contributed by atoms with Gasteiger partial charge in [-0.2, -0.15) is 0 Å². The molecular formula is C15H22F2N2O2. The Morgan fingerprint density at radius 2 is 1.90 bits per heavy atom. The second-order valence-electron chi connectivity index (χ2n) is 5.06. The fourth-order valence-corrected chi connectivity index (χ4v) is 2.59. The van der Waals surface area contributed by atoms with E-state index in [4.69, 9.17) is 9.47 Å². The van der Waals surface area contributed by atoms with Crippen molar-refractivity contribution >= 4 is 0 Å². The first kappa shape index (κ1) is 16.0.